The van der Waals surface area contributed by atoms with E-state index in [4.69, 9.17) is 4.74 Å². The van der Waals surface area contributed by atoms with Crippen molar-refractivity contribution in [1.29, 1.82) is 0 Å². The molecule has 3 aliphatic rings. The van der Waals surface area contributed by atoms with Gasteiger partial charge >= 0.3 is 0 Å². The van der Waals surface area contributed by atoms with Gasteiger partial charge in [0, 0.05) is 32.3 Å². The van der Waals surface area contributed by atoms with Gasteiger partial charge in [-0.2, -0.15) is 0 Å². The third kappa shape index (κ3) is 4.67. The first-order valence-electron chi connectivity index (χ1n) is 9.37. The molecule has 1 N–H and O–H groups in total. The lowest BCUT2D eigenvalue weighted by molar-refractivity contribution is -0.0115. The molecule has 1 unspecified atom stereocenters. The molecule has 2 aliphatic carbocycles. The molecule has 0 spiro atoms. The molecule has 3 nitrogen and oxygen atoms in total. The van der Waals surface area contributed by atoms with Gasteiger partial charge in [-0.1, -0.05) is 19.8 Å². The van der Waals surface area contributed by atoms with Crippen molar-refractivity contribution in [1.82, 2.24) is 10.2 Å². The summed E-state index contributed by atoms with van der Waals surface area (Å²) >= 11 is 0. The summed E-state index contributed by atoms with van der Waals surface area (Å²) < 4.78 is 6.01. The molecule has 1 aliphatic heterocycles. The molecule has 0 amide bonds. The van der Waals surface area contributed by atoms with E-state index in [0.717, 1.165) is 19.1 Å². The van der Waals surface area contributed by atoms with Gasteiger partial charge in [0.25, 0.3) is 0 Å². The molecule has 0 radical (unpaired) electrons. The number of hydrogen-bond acceptors (Lipinski definition) is 3. The second-order valence-electron chi connectivity index (χ2n) is 7.73. The molecule has 21 heavy (non-hydrogen) atoms. The smallest absolute Gasteiger partial charge is 0.0702 e. The highest BCUT2D eigenvalue weighted by Crippen LogP contribution is 2.39. The van der Waals surface area contributed by atoms with E-state index >= 15 is 0 Å². The van der Waals surface area contributed by atoms with E-state index in [9.17, 15) is 0 Å². The van der Waals surface area contributed by atoms with Crippen molar-refractivity contribution in [2.45, 2.75) is 76.9 Å². The van der Waals surface area contributed by atoms with Crippen LogP contribution in [0.25, 0.3) is 0 Å². The Morgan fingerprint density at radius 1 is 1.14 bits per heavy atom. The Hall–Kier alpha value is -0.120. The standard InChI is InChI=1S/C18H34N2O/c1-2-12-21-17-6-5-11-20(13-17)15-18(9-3-4-10-18)14-19-16-7-8-16/h16-17,19H,2-15H2,1H3. The normalized spacial score (nSPS) is 29.9. The van der Waals surface area contributed by atoms with Gasteiger partial charge in [0.2, 0.25) is 0 Å². The van der Waals surface area contributed by atoms with Crippen molar-refractivity contribution >= 4 is 0 Å². The molecule has 0 bridgehead atoms. The maximum atomic E-state index is 6.01. The van der Waals surface area contributed by atoms with Gasteiger partial charge in [0.1, 0.15) is 0 Å². The molecule has 3 heteroatoms. The molecule has 0 aromatic heterocycles. The van der Waals surface area contributed by atoms with E-state index in [1.807, 2.05) is 0 Å². The van der Waals surface area contributed by atoms with Crippen LogP contribution in [0.1, 0.15) is 64.7 Å². The number of rotatable bonds is 8. The maximum Gasteiger partial charge on any atom is 0.0702 e. The van der Waals surface area contributed by atoms with Gasteiger partial charge in [-0.25, -0.2) is 0 Å². The number of nitrogens with one attached hydrogen (secondary N) is 1. The monoisotopic (exact) mass is 294 g/mol. The first-order valence-corrected chi connectivity index (χ1v) is 9.37. The van der Waals surface area contributed by atoms with Crippen LogP contribution in [0.2, 0.25) is 0 Å². The van der Waals surface area contributed by atoms with Crippen molar-refractivity contribution in [3.63, 3.8) is 0 Å². The predicted molar refractivity (Wildman–Crippen MR) is 87.6 cm³/mol. The van der Waals surface area contributed by atoms with Crippen LogP contribution in [0.5, 0.6) is 0 Å². The average Bonchev–Trinajstić information content (AvgIpc) is 3.23. The van der Waals surface area contributed by atoms with Gasteiger partial charge in [-0.3, -0.25) is 0 Å². The fourth-order valence-corrected chi connectivity index (χ4v) is 4.22. The Morgan fingerprint density at radius 2 is 1.95 bits per heavy atom. The summed E-state index contributed by atoms with van der Waals surface area (Å²) in [6, 6.07) is 0.851. The fraction of sp³-hybridized carbons (Fsp3) is 1.00. The minimum atomic E-state index is 0.494. The van der Waals surface area contributed by atoms with Crippen LogP contribution in [-0.4, -0.2) is 49.8 Å². The van der Waals surface area contributed by atoms with Crippen LogP contribution >= 0.6 is 0 Å². The lowest BCUT2D eigenvalue weighted by Gasteiger charge is -2.40. The zero-order chi connectivity index (χ0) is 14.5. The van der Waals surface area contributed by atoms with Crippen molar-refractivity contribution in [3.8, 4) is 0 Å². The molecule has 1 saturated heterocycles. The van der Waals surface area contributed by atoms with Crippen LogP contribution < -0.4 is 5.32 Å². The van der Waals surface area contributed by atoms with Crippen LogP contribution in [0, 0.1) is 5.41 Å². The Kier molecular flexibility index (Phi) is 5.58. The molecule has 2 saturated carbocycles. The highest BCUT2D eigenvalue weighted by molar-refractivity contribution is 4.93. The van der Waals surface area contributed by atoms with Gasteiger partial charge in [-0.05, 0) is 56.9 Å². The Bertz CT molecular complexity index is 310. The third-order valence-corrected chi connectivity index (χ3v) is 5.59. The Balaban J connectivity index is 1.49. The van der Waals surface area contributed by atoms with Crippen LogP contribution in [0.15, 0.2) is 0 Å². The van der Waals surface area contributed by atoms with Crippen LogP contribution in [-0.2, 0) is 4.74 Å². The second kappa shape index (κ2) is 7.43. The van der Waals surface area contributed by atoms with Crippen molar-refractivity contribution in [3.05, 3.63) is 0 Å². The Morgan fingerprint density at radius 3 is 2.67 bits per heavy atom. The van der Waals surface area contributed by atoms with E-state index in [1.54, 1.807) is 0 Å². The highest BCUT2D eigenvalue weighted by atomic mass is 16.5. The summed E-state index contributed by atoms with van der Waals surface area (Å²) in [5, 5.41) is 3.82. The third-order valence-electron chi connectivity index (χ3n) is 5.59. The minimum absolute atomic E-state index is 0.494. The van der Waals surface area contributed by atoms with Crippen molar-refractivity contribution < 1.29 is 4.74 Å². The fourth-order valence-electron chi connectivity index (χ4n) is 4.22. The lowest BCUT2D eigenvalue weighted by Crippen LogP contribution is -2.48. The van der Waals surface area contributed by atoms with E-state index in [-0.39, 0.29) is 0 Å². The number of nitrogens with zero attached hydrogens (tertiary/aromatic N) is 1. The number of ether oxygens (including phenoxy) is 1. The summed E-state index contributed by atoms with van der Waals surface area (Å²) in [5.41, 5.74) is 0.565. The lowest BCUT2D eigenvalue weighted by atomic mass is 9.84. The molecular formula is C18H34N2O. The summed E-state index contributed by atoms with van der Waals surface area (Å²) in [6.45, 7) is 8.17. The van der Waals surface area contributed by atoms with Gasteiger partial charge in [0.15, 0.2) is 0 Å². The van der Waals surface area contributed by atoms with Crippen LogP contribution in [0.3, 0.4) is 0 Å². The summed E-state index contributed by atoms with van der Waals surface area (Å²) in [5.74, 6) is 0. The molecule has 0 aromatic rings. The van der Waals surface area contributed by atoms with E-state index in [0.29, 0.717) is 11.5 Å². The van der Waals surface area contributed by atoms with Gasteiger partial charge < -0.3 is 15.0 Å². The van der Waals surface area contributed by atoms with Gasteiger partial charge in [-0.15, -0.1) is 0 Å². The summed E-state index contributed by atoms with van der Waals surface area (Å²) in [4.78, 5) is 2.71. The second-order valence-corrected chi connectivity index (χ2v) is 7.73. The molecule has 1 atom stereocenters. The first-order chi connectivity index (χ1) is 10.3. The van der Waals surface area contributed by atoms with Crippen molar-refractivity contribution in [2.75, 3.05) is 32.8 Å². The van der Waals surface area contributed by atoms with E-state index in [2.05, 4.69) is 17.1 Å². The zero-order valence-electron chi connectivity index (χ0n) is 13.9. The Labute approximate surface area is 130 Å². The largest absolute Gasteiger partial charge is 0.377 e. The molecule has 3 fully saturated rings. The molecule has 122 valence electrons. The number of hydrogen-bond donors (Lipinski definition) is 1. The number of likely N-dealkylation sites (tertiary alicyclic amines) is 1. The maximum absolute atomic E-state index is 6.01. The average molecular weight is 294 g/mol. The molecule has 0 aromatic carbocycles. The minimum Gasteiger partial charge on any atom is -0.377 e. The highest BCUT2D eigenvalue weighted by Gasteiger charge is 2.37. The zero-order valence-corrected chi connectivity index (χ0v) is 13.9. The predicted octanol–water partition coefficient (Wildman–Crippen LogP) is 3.19. The molecule has 3 rings (SSSR count). The topological polar surface area (TPSA) is 24.5 Å². The quantitative estimate of drug-likeness (QED) is 0.744. The SMILES string of the molecule is CCCOC1CCCN(CC2(CNC3CC3)CCCC2)C1. The number of piperidine rings is 1. The summed E-state index contributed by atoms with van der Waals surface area (Å²) in [6.07, 6.45) is 12.8. The molecular weight excluding hydrogens is 260 g/mol. The van der Waals surface area contributed by atoms with Crippen LogP contribution in [0.4, 0.5) is 0 Å². The van der Waals surface area contributed by atoms with E-state index in [1.165, 1.54) is 77.5 Å². The van der Waals surface area contributed by atoms with Crippen molar-refractivity contribution in [2.24, 2.45) is 5.41 Å². The summed E-state index contributed by atoms with van der Waals surface area (Å²) in [7, 11) is 0. The van der Waals surface area contributed by atoms with E-state index < -0.39 is 0 Å². The molecule has 1 heterocycles. The van der Waals surface area contributed by atoms with Gasteiger partial charge in [0.05, 0.1) is 6.10 Å². The first kappa shape index (κ1) is 15.8.